The Morgan fingerprint density at radius 3 is 2.50 bits per heavy atom. The summed E-state index contributed by atoms with van der Waals surface area (Å²) in [6.45, 7) is 4.31. The lowest BCUT2D eigenvalue weighted by molar-refractivity contribution is 0.605. The molecule has 68 valence electrons. The smallest absolute Gasteiger partial charge is 0.224 e. The van der Waals surface area contributed by atoms with E-state index in [1.165, 1.54) is 0 Å². The molecule has 0 radical (unpaired) electrons. The predicted octanol–water partition coefficient (Wildman–Crippen LogP) is 0.690. The number of hydrogen-bond donors (Lipinski definition) is 1. The first kappa shape index (κ1) is 11.0. The van der Waals surface area contributed by atoms with Crippen LogP contribution in [0.4, 0.5) is 4.39 Å². The van der Waals surface area contributed by atoms with Crippen LogP contribution in [0.5, 0.6) is 0 Å². The summed E-state index contributed by atoms with van der Waals surface area (Å²) in [6, 6.07) is 0. The standard InChI is InChI=1S/C6H9FN2O2S/c1-3-4-6(7)9-5(2)12(8,10)11/h3-4H,1H2,2H3,(H2,8,10,11)/b6-4-,9-5+. The third-order valence-corrected chi connectivity index (χ3v) is 1.85. The molecule has 0 saturated carbocycles. The van der Waals surface area contributed by atoms with E-state index in [4.69, 9.17) is 0 Å². The van der Waals surface area contributed by atoms with Crippen LogP contribution in [0, 0.1) is 0 Å². The fourth-order valence-electron chi connectivity index (χ4n) is 0.349. The highest BCUT2D eigenvalue weighted by Gasteiger charge is 2.07. The maximum atomic E-state index is 12.5. The second kappa shape index (κ2) is 4.13. The first-order valence-electron chi connectivity index (χ1n) is 2.94. The molecule has 0 aromatic rings. The van der Waals surface area contributed by atoms with Gasteiger partial charge in [0.15, 0.2) is 0 Å². The van der Waals surface area contributed by atoms with E-state index >= 15 is 0 Å². The maximum absolute atomic E-state index is 12.5. The van der Waals surface area contributed by atoms with Gasteiger partial charge in [0.25, 0.3) is 10.0 Å². The Bertz CT molecular complexity index is 329. The van der Waals surface area contributed by atoms with E-state index in [-0.39, 0.29) is 0 Å². The molecule has 0 aromatic carbocycles. The van der Waals surface area contributed by atoms with Crippen molar-refractivity contribution in [1.29, 1.82) is 0 Å². The van der Waals surface area contributed by atoms with Gasteiger partial charge in [-0.2, -0.15) is 4.39 Å². The Morgan fingerprint density at radius 1 is 1.67 bits per heavy atom. The average Bonchev–Trinajstić information content (AvgIpc) is 1.85. The quantitative estimate of drug-likeness (QED) is 0.302. The number of halogens is 1. The highest BCUT2D eigenvalue weighted by Crippen LogP contribution is 2.00. The summed E-state index contributed by atoms with van der Waals surface area (Å²) in [6.07, 6.45) is 2.07. The molecule has 0 heterocycles. The fraction of sp³-hybridized carbons (Fsp3) is 0.167. The third-order valence-electron chi connectivity index (χ3n) is 0.931. The van der Waals surface area contributed by atoms with Gasteiger partial charge in [-0.15, -0.1) is 0 Å². The van der Waals surface area contributed by atoms with Crippen molar-refractivity contribution in [3.8, 4) is 0 Å². The third kappa shape index (κ3) is 3.99. The zero-order valence-corrected chi connectivity index (χ0v) is 7.31. The molecule has 0 aliphatic rings. The van der Waals surface area contributed by atoms with Crippen LogP contribution >= 0.6 is 0 Å². The molecule has 0 aliphatic heterocycles. The van der Waals surface area contributed by atoms with E-state index in [1.54, 1.807) is 0 Å². The lowest BCUT2D eigenvalue weighted by atomic mass is 10.6. The van der Waals surface area contributed by atoms with E-state index in [9.17, 15) is 12.8 Å². The van der Waals surface area contributed by atoms with E-state index in [0.29, 0.717) is 0 Å². The Kier molecular flexibility index (Phi) is 3.78. The molecule has 0 bridgehead atoms. The minimum absolute atomic E-state index is 0.474. The Hall–Kier alpha value is -1.01. The summed E-state index contributed by atoms with van der Waals surface area (Å²) in [5.74, 6) is -0.948. The first-order chi connectivity index (χ1) is 5.38. The van der Waals surface area contributed by atoms with Gasteiger partial charge in [-0.3, -0.25) is 0 Å². The summed E-state index contributed by atoms with van der Waals surface area (Å²) >= 11 is 0. The predicted molar refractivity (Wildman–Crippen MR) is 45.6 cm³/mol. The molecule has 12 heavy (non-hydrogen) atoms. The average molecular weight is 192 g/mol. The molecule has 0 aliphatic carbocycles. The first-order valence-corrected chi connectivity index (χ1v) is 4.49. The maximum Gasteiger partial charge on any atom is 0.251 e. The second-order valence-corrected chi connectivity index (χ2v) is 3.58. The van der Waals surface area contributed by atoms with Crippen molar-refractivity contribution in [2.24, 2.45) is 10.1 Å². The van der Waals surface area contributed by atoms with Gasteiger partial charge in [0.2, 0.25) is 5.95 Å². The van der Waals surface area contributed by atoms with Crippen LogP contribution in [-0.2, 0) is 10.0 Å². The largest absolute Gasteiger partial charge is 0.251 e. The van der Waals surface area contributed by atoms with Gasteiger partial charge in [-0.1, -0.05) is 12.7 Å². The molecule has 0 aromatic heterocycles. The molecular weight excluding hydrogens is 183 g/mol. The monoisotopic (exact) mass is 192 g/mol. The van der Waals surface area contributed by atoms with Gasteiger partial charge in [0, 0.05) is 0 Å². The summed E-state index contributed by atoms with van der Waals surface area (Å²) in [4.78, 5) is 3.06. The fourth-order valence-corrected chi connectivity index (χ4v) is 0.563. The number of allylic oxidation sites excluding steroid dienone is 2. The van der Waals surface area contributed by atoms with Crippen molar-refractivity contribution in [2.75, 3.05) is 0 Å². The van der Waals surface area contributed by atoms with Crippen LogP contribution in [0.15, 0.2) is 29.7 Å². The molecule has 0 fully saturated rings. The molecule has 0 unspecified atom stereocenters. The van der Waals surface area contributed by atoms with Crippen molar-refractivity contribution < 1.29 is 12.8 Å². The lowest BCUT2D eigenvalue weighted by Gasteiger charge is -1.93. The van der Waals surface area contributed by atoms with Gasteiger partial charge in [0.1, 0.15) is 5.04 Å². The van der Waals surface area contributed by atoms with Crippen LogP contribution in [0.3, 0.4) is 0 Å². The summed E-state index contributed by atoms with van der Waals surface area (Å²) < 4.78 is 33.5. The number of rotatable bonds is 2. The minimum atomic E-state index is -3.88. The molecular formula is C6H9FN2O2S. The van der Waals surface area contributed by atoms with E-state index in [0.717, 1.165) is 19.1 Å². The van der Waals surface area contributed by atoms with E-state index in [2.05, 4.69) is 16.7 Å². The SMILES string of the molecule is C=C/C=C(F)\N=C(/C)S(N)(=O)=O. The number of sulfonamides is 1. The Balaban J connectivity index is 4.82. The van der Waals surface area contributed by atoms with Crippen molar-refractivity contribution >= 4 is 15.1 Å². The number of nitrogens with two attached hydrogens (primary N) is 1. The zero-order chi connectivity index (χ0) is 9.78. The molecule has 0 spiro atoms. The topological polar surface area (TPSA) is 72.5 Å². The van der Waals surface area contributed by atoms with Crippen LogP contribution in [0.2, 0.25) is 0 Å². The van der Waals surface area contributed by atoms with Gasteiger partial charge in [-0.25, -0.2) is 18.5 Å². The molecule has 2 N–H and O–H groups in total. The lowest BCUT2D eigenvalue weighted by Crippen LogP contribution is -2.20. The minimum Gasteiger partial charge on any atom is -0.224 e. The molecule has 0 atom stereocenters. The number of hydrogen-bond acceptors (Lipinski definition) is 3. The summed E-state index contributed by atoms with van der Waals surface area (Å²) in [5.41, 5.74) is 0. The van der Waals surface area contributed by atoms with Crippen LogP contribution in [0.25, 0.3) is 0 Å². The highest BCUT2D eigenvalue weighted by atomic mass is 32.2. The molecule has 0 rings (SSSR count). The van der Waals surface area contributed by atoms with Crippen molar-refractivity contribution in [1.82, 2.24) is 0 Å². The zero-order valence-electron chi connectivity index (χ0n) is 6.49. The van der Waals surface area contributed by atoms with E-state index < -0.39 is 21.0 Å². The van der Waals surface area contributed by atoms with Gasteiger partial charge >= 0.3 is 0 Å². The molecule has 4 nitrogen and oxygen atoms in total. The highest BCUT2D eigenvalue weighted by molar-refractivity contribution is 8.04. The van der Waals surface area contributed by atoms with Gasteiger partial charge in [0.05, 0.1) is 0 Å². The van der Waals surface area contributed by atoms with E-state index in [1.807, 2.05) is 0 Å². The molecule has 0 saturated heterocycles. The Labute approximate surface area is 70.3 Å². The number of aliphatic imine (C=N–C) groups is 1. The number of primary sulfonamides is 1. The summed E-state index contributed by atoms with van der Waals surface area (Å²) in [5, 5.41) is 4.17. The summed E-state index contributed by atoms with van der Waals surface area (Å²) in [7, 11) is -3.88. The molecule has 0 amide bonds. The van der Waals surface area contributed by atoms with Crippen molar-refractivity contribution in [3.63, 3.8) is 0 Å². The van der Waals surface area contributed by atoms with Crippen LogP contribution in [0.1, 0.15) is 6.92 Å². The normalized spacial score (nSPS) is 14.6. The van der Waals surface area contributed by atoms with Crippen molar-refractivity contribution in [3.05, 3.63) is 24.7 Å². The molecule has 6 heteroatoms. The number of nitrogens with zero attached hydrogens (tertiary/aromatic N) is 1. The van der Waals surface area contributed by atoms with Gasteiger partial charge in [-0.05, 0) is 13.0 Å². The van der Waals surface area contributed by atoms with Gasteiger partial charge < -0.3 is 0 Å². The Morgan fingerprint density at radius 2 is 2.17 bits per heavy atom. The second-order valence-electron chi connectivity index (χ2n) is 1.90. The van der Waals surface area contributed by atoms with Crippen molar-refractivity contribution in [2.45, 2.75) is 6.92 Å². The van der Waals surface area contributed by atoms with Crippen LogP contribution < -0.4 is 5.14 Å². The van der Waals surface area contributed by atoms with Crippen LogP contribution in [-0.4, -0.2) is 13.5 Å².